The average molecular weight is 389 g/mol. The molecular weight excluding hydrogens is 362 g/mol. The largest absolute Gasteiger partial charge is 0.313 e. The van der Waals surface area contributed by atoms with Crippen molar-refractivity contribution in [2.45, 2.75) is 26.3 Å². The van der Waals surface area contributed by atoms with E-state index in [-0.39, 0.29) is 5.91 Å². The van der Waals surface area contributed by atoms with Crippen molar-refractivity contribution in [3.8, 4) is 11.1 Å². The number of benzene rings is 2. The van der Waals surface area contributed by atoms with Gasteiger partial charge in [-0.25, -0.2) is 5.48 Å². The molecule has 1 aromatic heterocycles. The van der Waals surface area contributed by atoms with Crippen LogP contribution in [-0.2, 0) is 17.8 Å². The quantitative estimate of drug-likeness (QED) is 0.404. The minimum Gasteiger partial charge on any atom is -0.313 e. The first kappa shape index (κ1) is 20.7. The number of amides is 1. The van der Waals surface area contributed by atoms with Crippen molar-refractivity contribution in [1.29, 1.82) is 0 Å². The zero-order valence-corrected chi connectivity index (χ0v) is 16.7. The van der Waals surface area contributed by atoms with Crippen LogP contribution < -0.4 is 10.8 Å². The molecule has 0 spiro atoms. The molecule has 1 amide bonds. The summed E-state index contributed by atoms with van der Waals surface area (Å²) in [5.41, 5.74) is 7.34. The maximum absolute atomic E-state index is 11.9. The second-order valence-electron chi connectivity index (χ2n) is 6.76. The van der Waals surface area contributed by atoms with Crippen molar-refractivity contribution in [2.75, 3.05) is 13.2 Å². The molecule has 0 bridgehead atoms. The van der Waals surface area contributed by atoms with E-state index in [0.29, 0.717) is 12.3 Å². The first-order chi connectivity index (χ1) is 14.3. The van der Waals surface area contributed by atoms with Crippen molar-refractivity contribution in [1.82, 2.24) is 15.8 Å². The minimum atomic E-state index is -0.341. The van der Waals surface area contributed by atoms with Crippen LogP contribution in [0.1, 0.15) is 35.0 Å². The molecule has 0 unspecified atom stereocenters. The zero-order chi connectivity index (χ0) is 20.3. The number of hydrogen-bond donors (Lipinski definition) is 2. The number of pyridine rings is 1. The molecule has 0 fully saturated rings. The number of aryl methyl sites for hydroxylation is 1. The lowest BCUT2D eigenvalue weighted by atomic mass is 10.0. The summed E-state index contributed by atoms with van der Waals surface area (Å²) in [6.07, 6.45) is 3.91. The van der Waals surface area contributed by atoms with Gasteiger partial charge in [-0.1, -0.05) is 54.6 Å². The SMILES string of the molecule is CCONC(=O)c1ccc(-c2cccc(CNCCCc3ccccc3)c2)cn1. The van der Waals surface area contributed by atoms with Gasteiger partial charge in [-0.15, -0.1) is 0 Å². The van der Waals surface area contributed by atoms with E-state index in [1.807, 2.05) is 25.1 Å². The lowest BCUT2D eigenvalue weighted by molar-refractivity contribution is 0.0360. The standard InChI is InChI=1S/C24H27N3O2/c1-2-29-27-24(28)23-14-13-22(18-26-23)21-12-6-10-20(16-21)17-25-15-7-11-19-8-4-3-5-9-19/h3-6,8-10,12-14,16,18,25H,2,7,11,15,17H2,1H3,(H,27,28). The van der Waals surface area contributed by atoms with E-state index in [9.17, 15) is 4.79 Å². The molecule has 0 aliphatic carbocycles. The van der Waals surface area contributed by atoms with Crippen LogP contribution in [0.4, 0.5) is 0 Å². The van der Waals surface area contributed by atoms with Gasteiger partial charge < -0.3 is 5.32 Å². The molecule has 0 aliphatic rings. The topological polar surface area (TPSA) is 63.2 Å². The van der Waals surface area contributed by atoms with Gasteiger partial charge in [0.15, 0.2) is 0 Å². The maximum atomic E-state index is 11.9. The Morgan fingerprint density at radius 3 is 2.55 bits per heavy atom. The van der Waals surface area contributed by atoms with E-state index < -0.39 is 0 Å². The van der Waals surface area contributed by atoms with Crippen LogP contribution in [0.15, 0.2) is 72.9 Å². The van der Waals surface area contributed by atoms with E-state index in [0.717, 1.165) is 37.1 Å². The third-order valence-corrected chi connectivity index (χ3v) is 4.56. The van der Waals surface area contributed by atoms with Gasteiger partial charge in [-0.05, 0) is 55.1 Å². The minimum absolute atomic E-state index is 0.332. The van der Waals surface area contributed by atoms with Crippen LogP contribution in [0.5, 0.6) is 0 Å². The number of carbonyl (C=O) groups is 1. The molecule has 150 valence electrons. The van der Waals surface area contributed by atoms with E-state index in [1.165, 1.54) is 11.1 Å². The number of nitrogens with zero attached hydrogens (tertiary/aromatic N) is 1. The van der Waals surface area contributed by atoms with Gasteiger partial charge in [-0.3, -0.25) is 14.6 Å². The van der Waals surface area contributed by atoms with Crippen LogP contribution in [0.2, 0.25) is 0 Å². The molecule has 0 radical (unpaired) electrons. The summed E-state index contributed by atoms with van der Waals surface area (Å²) < 4.78 is 0. The van der Waals surface area contributed by atoms with Crippen molar-refractivity contribution >= 4 is 5.91 Å². The van der Waals surface area contributed by atoms with Crippen LogP contribution in [0, 0.1) is 0 Å². The number of aromatic nitrogens is 1. The summed E-state index contributed by atoms with van der Waals surface area (Å²) in [5, 5.41) is 3.51. The van der Waals surface area contributed by atoms with E-state index in [4.69, 9.17) is 4.84 Å². The van der Waals surface area contributed by atoms with Crippen LogP contribution >= 0.6 is 0 Å². The third kappa shape index (κ3) is 6.52. The monoisotopic (exact) mass is 389 g/mol. The van der Waals surface area contributed by atoms with Crippen molar-refractivity contribution < 1.29 is 9.63 Å². The molecule has 29 heavy (non-hydrogen) atoms. The Morgan fingerprint density at radius 2 is 1.79 bits per heavy atom. The second-order valence-corrected chi connectivity index (χ2v) is 6.76. The Labute approximate surface area is 172 Å². The highest BCUT2D eigenvalue weighted by Crippen LogP contribution is 2.20. The zero-order valence-electron chi connectivity index (χ0n) is 16.7. The van der Waals surface area contributed by atoms with Gasteiger partial charge in [0.1, 0.15) is 5.69 Å². The predicted molar refractivity (Wildman–Crippen MR) is 115 cm³/mol. The summed E-state index contributed by atoms with van der Waals surface area (Å²) in [4.78, 5) is 21.0. The highest BCUT2D eigenvalue weighted by molar-refractivity contribution is 5.91. The number of carbonyl (C=O) groups excluding carboxylic acids is 1. The molecule has 2 N–H and O–H groups in total. The van der Waals surface area contributed by atoms with Crippen molar-refractivity contribution in [2.24, 2.45) is 0 Å². The summed E-state index contributed by atoms with van der Waals surface area (Å²) >= 11 is 0. The number of hydroxylamine groups is 1. The summed E-state index contributed by atoms with van der Waals surface area (Å²) in [6.45, 7) is 4.02. The Bertz CT molecular complexity index is 896. The fraction of sp³-hybridized carbons (Fsp3) is 0.250. The highest BCUT2D eigenvalue weighted by Gasteiger charge is 2.07. The summed E-state index contributed by atoms with van der Waals surface area (Å²) in [6, 6.07) is 22.5. The van der Waals surface area contributed by atoms with Crippen LogP contribution in [-0.4, -0.2) is 24.0 Å². The maximum Gasteiger partial charge on any atom is 0.293 e. The number of rotatable bonds is 10. The Balaban J connectivity index is 1.50. The number of nitrogens with one attached hydrogen (secondary N) is 2. The molecule has 5 nitrogen and oxygen atoms in total. The first-order valence-corrected chi connectivity index (χ1v) is 9.98. The van der Waals surface area contributed by atoms with Crippen molar-refractivity contribution in [3.05, 3.63) is 89.7 Å². The first-order valence-electron chi connectivity index (χ1n) is 9.98. The lowest BCUT2D eigenvalue weighted by Gasteiger charge is -2.08. The smallest absolute Gasteiger partial charge is 0.293 e. The molecule has 1 heterocycles. The molecule has 0 saturated heterocycles. The molecule has 0 saturated carbocycles. The molecule has 0 atom stereocenters. The predicted octanol–water partition coefficient (Wildman–Crippen LogP) is 4.15. The molecule has 3 aromatic rings. The summed E-state index contributed by atoms with van der Waals surface area (Å²) in [7, 11) is 0. The molecule has 2 aromatic carbocycles. The van der Waals surface area contributed by atoms with E-state index >= 15 is 0 Å². The van der Waals surface area contributed by atoms with Gasteiger partial charge in [0.25, 0.3) is 5.91 Å². The molecule has 5 heteroatoms. The lowest BCUT2D eigenvalue weighted by Crippen LogP contribution is -2.24. The van der Waals surface area contributed by atoms with Gasteiger partial charge in [-0.2, -0.15) is 0 Å². The van der Waals surface area contributed by atoms with Gasteiger partial charge >= 0.3 is 0 Å². The van der Waals surface area contributed by atoms with Crippen LogP contribution in [0.3, 0.4) is 0 Å². The molecule has 3 rings (SSSR count). The number of hydrogen-bond acceptors (Lipinski definition) is 4. The van der Waals surface area contributed by atoms with E-state index in [2.05, 4.69) is 58.2 Å². The molecule has 0 aliphatic heterocycles. The van der Waals surface area contributed by atoms with Gasteiger partial charge in [0.2, 0.25) is 0 Å². The second kappa shape index (κ2) is 11.1. The normalized spacial score (nSPS) is 10.7. The fourth-order valence-electron chi connectivity index (χ4n) is 3.04. The molecular formula is C24H27N3O2. The average Bonchev–Trinajstić information content (AvgIpc) is 2.78. The Morgan fingerprint density at radius 1 is 0.966 bits per heavy atom. The Hall–Kier alpha value is -3.02. The Kier molecular flexibility index (Phi) is 7.92. The highest BCUT2D eigenvalue weighted by atomic mass is 16.6. The fourth-order valence-corrected chi connectivity index (χ4v) is 3.04. The van der Waals surface area contributed by atoms with Gasteiger partial charge in [0.05, 0.1) is 6.61 Å². The third-order valence-electron chi connectivity index (χ3n) is 4.56. The van der Waals surface area contributed by atoms with Crippen molar-refractivity contribution in [3.63, 3.8) is 0 Å². The summed E-state index contributed by atoms with van der Waals surface area (Å²) in [5.74, 6) is -0.341. The van der Waals surface area contributed by atoms with Gasteiger partial charge in [0, 0.05) is 18.3 Å². The van der Waals surface area contributed by atoms with E-state index in [1.54, 1.807) is 12.3 Å². The van der Waals surface area contributed by atoms with Crippen LogP contribution in [0.25, 0.3) is 11.1 Å².